The molecule has 0 saturated carbocycles. The van der Waals surface area contributed by atoms with E-state index in [-0.39, 0.29) is 11.8 Å². The van der Waals surface area contributed by atoms with Crippen LogP contribution in [-0.4, -0.2) is 60.5 Å². The molecule has 6 nitrogen and oxygen atoms in total. The number of fused-ring (bicyclic) bond motifs is 1. The Morgan fingerprint density at radius 2 is 1.88 bits per heavy atom. The average molecular weight is 332 g/mol. The van der Waals surface area contributed by atoms with Crippen molar-refractivity contribution >= 4 is 11.8 Å². The highest BCUT2D eigenvalue weighted by molar-refractivity contribution is 5.81. The van der Waals surface area contributed by atoms with Crippen molar-refractivity contribution in [3.8, 4) is 11.5 Å². The van der Waals surface area contributed by atoms with Gasteiger partial charge in [0.15, 0.2) is 6.10 Å². The van der Waals surface area contributed by atoms with Gasteiger partial charge in [0.25, 0.3) is 5.91 Å². The van der Waals surface area contributed by atoms with Gasteiger partial charge >= 0.3 is 0 Å². The number of carbonyl (C=O) groups excluding carboxylic acids is 2. The van der Waals surface area contributed by atoms with Crippen LogP contribution in [0.15, 0.2) is 18.2 Å². The van der Waals surface area contributed by atoms with E-state index in [0.717, 1.165) is 30.8 Å². The molecule has 2 heterocycles. The number of nitrogens with zero attached hydrogens (tertiary/aromatic N) is 2. The van der Waals surface area contributed by atoms with Crippen LogP contribution in [0.4, 0.5) is 0 Å². The van der Waals surface area contributed by atoms with Gasteiger partial charge in [0.1, 0.15) is 11.5 Å². The van der Waals surface area contributed by atoms with E-state index >= 15 is 0 Å². The first kappa shape index (κ1) is 16.6. The van der Waals surface area contributed by atoms with Gasteiger partial charge in [-0.25, -0.2) is 0 Å². The molecule has 0 spiro atoms. The van der Waals surface area contributed by atoms with Crippen LogP contribution in [0, 0.1) is 0 Å². The van der Waals surface area contributed by atoms with Crippen molar-refractivity contribution in [3.63, 3.8) is 0 Å². The van der Waals surface area contributed by atoms with Crippen molar-refractivity contribution < 1.29 is 19.1 Å². The summed E-state index contributed by atoms with van der Waals surface area (Å²) in [4.78, 5) is 27.4. The molecule has 1 atom stereocenters. The minimum absolute atomic E-state index is 0.0350. The van der Waals surface area contributed by atoms with Crippen LogP contribution in [0.3, 0.4) is 0 Å². The third kappa shape index (κ3) is 3.63. The second-order valence-corrected chi connectivity index (χ2v) is 6.31. The molecule has 1 unspecified atom stereocenters. The molecule has 0 aromatic heterocycles. The Balaban J connectivity index is 1.57. The van der Waals surface area contributed by atoms with E-state index in [0.29, 0.717) is 31.9 Å². The fourth-order valence-corrected chi connectivity index (χ4v) is 3.16. The lowest BCUT2D eigenvalue weighted by Crippen LogP contribution is -2.52. The van der Waals surface area contributed by atoms with Gasteiger partial charge in [0, 0.05) is 33.1 Å². The zero-order valence-corrected chi connectivity index (χ0v) is 14.3. The highest BCUT2D eigenvalue weighted by Gasteiger charge is 2.27. The number of rotatable bonds is 3. The lowest BCUT2D eigenvalue weighted by Gasteiger charge is -2.35. The predicted molar refractivity (Wildman–Crippen MR) is 89.2 cm³/mol. The molecule has 0 radical (unpaired) electrons. The first-order valence-electron chi connectivity index (χ1n) is 8.51. The Kier molecular flexibility index (Phi) is 4.92. The van der Waals surface area contributed by atoms with E-state index in [1.54, 1.807) is 23.6 Å². The number of hydrogen-bond donors (Lipinski definition) is 0. The molecular formula is C18H24N2O4. The Hall–Kier alpha value is -2.24. The van der Waals surface area contributed by atoms with E-state index < -0.39 is 6.10 Å². The molecule has 0 bridgehead atoms. The topological polar surface area (TPSA) is 59.1 Å². The summed E-state index contributed by atoms with van der Waals surface area (Å²) < 4.78 is 11.4. The summed E-state index contributed by atoms with van der Waals surface area (Å²) in [7, 11) is 0. The van der Waals surface area contributed by atoms with Crippen LogP contribution in [0.25, 0.3) is 0 Å². The minimum Gasteiger partial charge on any atom is -0.493 e. The Morgan fingerprint density at radius 1 is 1.17 bits per heavy atom. The summed E-state index contributed by atoms with van der Waals surface area (Å²) in [6, 6.07) is 5.72. The lowest BCUT2D eigenvalue weighted by atomic mass is 10.1. The lowest BCUT2D eigenvalue weighted by molar-refractivity contribution is -0.143. The normalized spacial score (nSPS) is 18.4. The van der Waals surface area contributed by atoms with E-state index in [4.69, 9.17) is 9.47 Å². The third-order valence-electron chi connectivity index (χ3n) is 4.58. The first-order valence-corrected chi connectivity index (χ1v) is 8.51. The quantitative estimate of drug-likeness (QED) is 0.841. The van der Waals surface area contributed by atoms with Crippen LogP contribution < -0.4 is 9.47 Å². The van der Waals surface area contributed by atoms with Crippen molar-refractivity contribution in [3.05, 3.63) is 23.8 Å². The first-order chi connectivity index (χ1) is 11.5. The molecule has 1 saturated heterocycles. The van der Waals surface area contributed by atoms with Gasteiger partial charge in [-0.1, -0.05) is 0 Å². The molecule has 130 valence electrons. The maximum Gasteiger partial charge on any atom is 0.263 e. The molecule has 1 aromatic carbocycles. The number of ether oxygens (including phenoxy) is 2. The van der Waals surface area contributed by atoms with Crippen LogP contribution in [0.2, 0.25) is 0 Å². The molecule has 0 N–H and O–H groups in total. The number of aryl methyl sites for hydroxylation is 1. The van der Waals surface area contributed by atoms with Crippen LogP contribution in [-0.2, 0) is 16.0 Å². The number of piperazine rings is 1. The van der Waals surface area contributed by atoms with Gasteiger partial charge in [-0.3, -0.25) is 9.59 Å². The molecule has 1 fully saturated rings. The monoisotopic (exact) mass is 332 g/mol. The minimum atomic E-state index is -0.545. The second-order valence-electron chi connectivity index (χ2n) is 6.31. The Bertz CT molecular complexity index is 623. The van der Waals surface area contributed by atoms with Gasteiger partial charge < -0.3 is 19.3 Å². The van der Waals surface area contributed by atoms with E-state index in [9.17, 15) is 9.59 Å². The van der Waals surface area contributed by atoms with E-state index in [1.165, 1.54) is 0 Å². The summed E-state index contributed by atoms with van der Waals surface area (Å²) in [5.41, 5.74) is 1.13. The number of hydrogen-bond acceptors (Lipinski definition) is 4. The summed E-state index contributed by atoms with van der Waals surface area (Å²) in [5, 5.41) is 0. The predicted octanol–water partition coefficient (Wildman–Crippen LogP) is 1.47. The molecule has 1 aromatic rings. The average Bonchev–Trinajstić information content (AvgIpc) is 2.61. The second kappa shape index (κ2) is 7.11. The SMILES string of the molecule is CC(=O)N1CCN(C(=O)C(C)Oc2ccc3c(c2)CCCO3)CC1. The van der Waals surface area contributed by atoms with Gasteiger partial charge in [-0.05, 0) is 43.5 Å². The van der Waals surface area contributed by atoms with Gasteiger partial charge in [0.05, 0.1) is 6.61 Å². The molecule has 2 aliphatic heterocycles. The fraction of sp³-hybridized carbons (Fsp3) is 0.556. The van der Waals surface area contributed by atoms with Crippen molar-refractivity contribution in [2.45, 2.75) is 32.8 Å². The Morgan fingerprint density at radius 3 is 2.58 bits per heavy atom. The van der Waals surface area contributed by atoms with E-state index in [1.807, 2.05) is 18.2 Å². The molecular weight excluding hydrogens is 308 g/mol. The third-order valence-corrected chi connectivity index (χ3v) is 4.58. The molecule has 24 heavy (non-hydrogen) atoms. The Labute approximate surface area is 142 Å². The van der Waals surface area contributed by atoms with Crippen molar-refractivity contribution in [1.82, 2.24) is 9.80 Å². The number of amides is 2. The zero-order chi connectivity index (χ0) is 17.1. The number of benzene rings is 1. The summed E-state index contributed by atoms with van der Waals surface area (Å²) >= 11 is 0. The standard InChI is InChI=1S/C18H24N2O4/c1-13(18(22)20-9-7-19(8-10-20)14(2)21)24-16-5-6-17-15(12-16)4-3-11-23-17/h5-6,12-13H,3-4,7-11H2,1-2H3. The molecule has 2 aliphatic rings. The van der Waals surface area contributed by atoms with Crippen molar-refractivity contribution in [2.24, 2.45) is 0 Å². The zero-order valence-electron chi connectivity index (χ0n) is 14.3. The van der Waals surface area contributed by atoms with Crippen LogP contribution in [0.5, 0.6) is 11.5 Å². The van der Waals surface area contributed by atoms with E-state index in [2.05, 4.69) is 0 Å². The van der Waals surface area contributed by atoms with Gasteiger partial charge in [-0.2, -0.15) is 0 Å². The highest BCUT2D eigenvalue weighted by Crippen LogP contribution is 2.29. The highest BCUT2D eigenvalue weighted by atomic mass is 16.5. The smallest absolute Gasteiger partial charge is 0.263 e. The molecule has 2 amide bonds. The number of carbonyl (C=O) groups is 2. The van der Waals surface area contributed by atoms with Crippen LogP contribution >= 0.6 is 0 Å². The maximum absolute atomic E-state index is 12.5. The molecule has 0 aliphatic carbocycles. The summed E-state index contributed by atoms with van der Waals surface area (Å²) in [5.74, 6) is 1.63. The van der Waals surface area contributed by atoms with Gasteiger partial charge in [0.2, 0.25) is 5.91 Å². The molecule has 3 rings (SSSR count). The largest absolute Gasteiger partial charge is 0.493 e. The van der Waals surface area contributed by atoms with Gasteiger partial charge in [-0.15, -0.1) is 0 Å². The van der Waals surface area contributed by atoms with Crippen molar-refractivity contribution in [2.75, 3.05) is 32.8 Å². The summed E-state index contributed by atoms with van der Waals surface area (Å²) in [6.07, 6.45) is 1.43. The molecule has 6 heteroatoms. The van der Waals surface area contributed by atoms with Crippen molar-refractivity contribution in [1.29, 1.82) is 0 Å². The summed E-state index contributed by atoms with van der Waals surface area (Å²) in [6.45, 7) is 6.38. The van der Waals surface area contributed by atoms with Crippen LogP contribution in [0.1, 0.15) is 25.8 Å². The fourth-order valence-electron chi connectivity index (χ4n) is 3.16. The maximum atomic E-state index is 12.5.